The summed E-state index contributed by atoms with van der Waals surface area (Å²) < 4.78 is 29.9. The van der Waals surface area contributed by atoms with Gasteiger partial charge in [-0.05, 0) is 57.4 Å². The van der Waals surface area contributed by atoms with Crippen LogP contribution in [-0.4, -0.2) is 52.9 Å². The molecule has 224 valence electrons. The predicted molar refractivity (Wildman–Crippen MR) is 165 cm³/mol. The van der Waals surface area contributed by atoms with Gasteiger partial charge in [0.25, 0.3) is 0 Å². The van der Waals surface area contributed by atoms with Crippen LogP contribution in [0.5, 0.6) is 5.75 Å². The topological polar surface area (TPSA) is 63.2 Å². The SMILES string of the molecule is CCCCC[C@@H]1OCO[C@@](C)(/C=C(C)/C=C/C(=O)OC)[C@H](OCc2ccc(OC)cc2)[C@@H]1C/C(C)=C/[Si](C)(C)C. The van der Waals surface area contributed by atoms with E-state index in [-0.39, 0.29) is 24.9 Å². The van der Waals surface area contributed by atoms with Crippen LogP contribution in [0.3, 0.4) is 0 Å². The number of ether oxygens (including phenoxy) is 5. The van der Waals surface area contributed by atoms with Gasteiger partial charge in [-0.1, -0.05) is 80.9 Å². The zero-order valence-electron chi connectivity index (χ0n) is 26.3. The highest BCUT2D eigenvalue weighted by Gasteiger charge is 2.46. The van der Waals surface area contributed by atoms with Crippen molar-refractivity contribution in [1.82, 2.24) is 0 Å². The highest BCUT2D eigenvalue weighted by molar-refractivity contribution is 6.81. The highest BCUT2D eigenvalue weighted by Crippen LogP contribution is 2.39. The zero-order chi connectivity index (χ0) is 29.8. The number of methoxy groups -OCH3 is 2. The van der Waals surface area contributed by atoms with Crippen molar-refractivity contribution in [2.24, 2.45) is 5.92 Å². The maximum Gasteiger partial charge on any atom is 0.330 e. The first kappa shape index (κ1) is 34.0. The van der Waals surface area contributed by atoms with Gasteiger partial charge in [0.1, 0.15) is 18.1 Å². The Labute approximate surface area is 243 Å². The second-order valence-corrected chi connectivity index (χ2v) is 17.2. The van der Waals surface area contributed by atoms with Crippen LogP contribution in [-0.2, 0) is 30.3 Å². The average molecular weight is 573 g/mol. The smallest absolute Gasteiger partial charge is 0.330 e. The van der Waals surface area contributed by atoms with Crippen molar-refractivity contribution in [2.45, 2.75) is 104 Å². The van der Waals surface area contributed by atoms with Crippen molar-refractivity contribution in [3.05, 3.63) is 64.9 Å². The van der Waals surface area contributed by atoms with Gasteiger partial charge in [0.2, 0.25) is 0 Å². The minimum Gasteiger partial charge on any atom is -0.497 e. The molecule has 0 unspecified atom stereocenters. The molecular formula is C33H52O6Si. The number of benzene rings is 1. The van der Waals surface area contributed by atoms with Crippen molar-refractivity contribution in [3.63, 3.8) is 0 Å². The van der Waals surface area contributed by atoms with Crippen LogP contribution in [0.1, 0.15) is 65.4 Å². The molecule has 1 aliphatic heterocycles. The zero-order valence-corrected chi connectivity index (χ0v) is 27.3. The van der Waals surface area contributed by atoms with E-state index in [1.807, 2.05) is 31.2 Å². The van der Waals surface area contributed by atoms with E-state index in [2.05, 4.69) is 52.2 Å². The van der Waals surface area contributed by atoms with E-state index < -0.39 is 19.6 Å². The van der Waals surface area contributed by atoms with Crippen molar-refractivity contribution < 1.29 is 28.5 Å². The second-order valence-electron chi connectivity index (χ2n) is 12.2. The Morgan fingerprint density at radius 2 is 1.80 bits per heavy atom. The molecule has 2 rings (SSSR count). The Kier molecular flexibility index (Phi) is 13.9. The number of rotatable bonds is 14. The molecule has 0 radical (unpaired) electrons. The maximum atomic E-state index is 11.7. The summed E-state index contributed by atoms with van der Waals surface area (Å²) in [6, 6.07) is 7.99. The number of hydrogen-bond donors (Lipinski definition) is 0. The van der Waals surface area contributed by atoms with Gasteiger partial charge in [-0.2, -0.15) is 0 Å². The molecular weight excluding hydrogens is 520 g/mol. The van der Waals surface area contributed by atoms with Crippen molar-refractivity contribution in [1.29, 1.82) is 0 Å². The fourth-order valence-corrected chi connectivity index (χ4v) is 7.06. The summed E-state index contributed by atoms with van der Waals surface area (Å²) in [5, 5.41) is 0. The van der Waals surface area contributed by atoms with E-state index in [1.165, 1.54) is 25.2 Å². The van der Waals surface area contributed by atoms with Gasteiger partial charge in [0.05, 0.1) is 41.1 Å². The van der Waals surface area contributed by atoms with E-state index in [9.17, 15) is 4.79 Å². The van der Waals surface area contributed by atoms with Crippen LogP contribution in [0.25, 0.3) is 0 Å². The number of carbonyl (C=O) groups excluding carboxylic acids is 1. The lowest BCUT2D eigenvalue weighted by atomic mass is 9.79. The third-order valence-corrected chi connectivity index (χ3v) is 8.56. The number of carbonyl (C=O) groups is 1. The molecule has 1 saturated heterocycles. The summed E-state index contributed by atoms with van der Waals surface area (Å²) in [6.07, 6.45) is 10.3. The molecule has 1 heterocycles. The van der Waals surface area contributed by atoms with Crippen LogP contribution in [0, 0.1) is 5.92 Å². The summed E-state index contributed by atoms with van der Waals surface area (Å²) in [4.78, 5) is 11.7. The third-order valence-electron chi connectivity index (χ3n) is 7.20. The normalized spacial score (nSPS) is 24.7. The summed E-state index contributed by atoms with van der Waals surface area (Å²) in [5.74, 6) is 0.511. The number of unbranched alkanes of at least 4 members (excludes halogenated alkanes) is 2. The molecule has 4 atom stereocenters. The molecule has 1 aliphatic rings. The minimum atomic E-state index is -1.41. The van der Waals surface area contributed by atoms with E-state index >= 15 is 0 Å². The summed E-state index contributed by atoms with van der Waals surface area (Å²) in [7, 11) is 1.63. The lowest BCUT2D eigenvalue weighted by Gasteiger charge is -2.39. The molecule has 0 spiro atoms. The molecule has 1 fully saturated rings. The summed E-state index contributed by atoms with van der Waals surface area (Å²) >= 11 is 0. The molecule has 0 saturated carbocycles. The van der Waals surface area contributed by atoms with Crippen molar-refractivity contribution in [3.8, 4) is 5.75 Å². The van der Waals surface area contributed by atoms with Crippen LogP contribution in [0.2, 0.25) is 19.6 Å². The number of allylic oxidation sites excluding steroid dienone is 3. The lowest BCUT2D eigenvalue weighted by Crippen LogP contribution is -2.48. The average Bonchev–Trinajstić information content (AvgIpc) is 3.01. The van der Waals surface area contributed by atoms with Gasteiger partial charge in [-0.25, -0.2) is 4.79 Å². The van der Waals surface area contributed by atoms with Crippen LogP contribution in [0.4, 0.5) is 0 Å². The minimum absolute atomic E-state index is 0.0125. The predicted octanol–water partition coefficient (Wildman–Crippen LogP) is 7.80. The molecule has 0 aromatic heterocycles. The Bertz CT molecular complexity index is 1010. The monoisotopic (exact) mass is 572 g/mol. The Morgan fingerprint density at radius 3 is 2.40 bits per heavy atom. The first-order valence-corrected chi connectivity index (χ1v) is 18.1. The van der Waals surface area contributed by atoms with E-state index in [0.29, 0.717) is 6.61 Å². The first-order valence-electron chi connectivity index (χ1n) is 14.5. The molecule has 6 nitrogen and oxygen atoms in total. The van der Waals surface area contributed by atoms with E-state index in [4.69, 9.17) is 23.7 Å². The van der Waals surface area contributed by atoms with Crippen LogP contribution < -0.4 is 4.74 Å². The van der Waals surface area contributed by atoms with Gasteiger partial charge in [0, 0.05) is 12.0 Å². The summed E-state index contributed by atoms with van der Waals surface area (Å²) in [5.41, 5.74) is 5.04. The van der Waals surface area contributed by atoms with Gasteiger partial charge in [0.15, 0.2) is 0 Å². The van der Waals surface area contributed by atoms with Gasteiger partial charge in [-0.3, -0.25) is 0 Å². The van der Waals surface area contributed by atoms with Crippen LogP contribution in [0.15, 0.2) is 59.3 Å². The first-order chi connectivity index (χ1) is 18.9. The Balaban J connectivity index is 2.54. The number of hydrogen-bond acceptors (Lipinski definition) is 6. The largest absolute Gasteiger partial charge is 0.497 e. The maximum absolute atomic E-state index is 11.7. The standard InChI is InChI=1S/C33H52O6Si/c1-10-11-12-13-30-29(20-26(3)23-40(7,8)9)32(37-22-27-15-17-28(35-5)18-16-27)33(4,39-24-38-30)21-25(2)14-19-31(34)36-6/h14-19,21,23,29-30,32H,10-13,20,22,24H2,1-9H3/b19-14+,25-21+,26-23+/t29-,30+,32-,33+/m1/s1. The molecule has 0 aliphatic carbocycles. The molecule has 0 N–H and O–H groups in total. The third kappa shape index (κ3) is 11.4. The van der Waals surface area contributed by atoms with Gasteiger partial charge in [-0.15, -0.1) is 0 Å². The van der Waals surface area contributed by atoms with Gasteiger partial charge < -0.3 is 23.7 Å². The van der Waals surface area contributed by atoms with E-state index in [0.717, 1.165) is 42.6 Å². The lowest BCUT2D eigenvalue weighted by molar-refractivity contribution is -0.146. The van der Waals surface area contributed by atoms with E-state index in [1.54, 1.807) is 13.2 Å². The van der Waals surface area contributed by atoms with Crippen LogP contribution >= 0.6 is 0 Å². The molecule has 7 heteroatoms. The Hall–Kier alpha value is -2.19. The Morgan fingerprint density at radius 1 is 1.10 bits per heavy atom. The quantitative estimate of drug-likeness (QED) is 0.0745. The van der Waals surface area contributed by atoms with Gasteiger partial charge >= 0.3 is 5.97 Å². The molecule has 0 bridgehead atoms. The van der Waals surface area contributed by atoms with Crippen molar-refractivity contribution >= 4 is 14.0 Å². The second kappa shape index (κ2) is 16.3. The molecule has 1 aromatic carbocycles. The number of esters is 1. The van der Waals surface area contributed by atoms with Crippen molar-refractivity contribution in [2.75, 3.05) is 21.0 Å². The fraction of sp³-hybridized carbons (Fsp3) is 0.606. The molecule has 1 aromatic rings. The highest BCUT2D eigenvalue weighted by atomic mass is 28.3. The summed E-state index contributed by atoms with van der Waals surface area (Å²) in [6.45, 7) is 16.2. The molecule has 0 amide bonds. The fourth-order valence-electron chi connectivity index (χ4n) is 5.46. The molecule has 40 heavy (non-hydrogen) atoms.